The Morgan fingerprint density at radius 1 is 1.25 bits per heavy atom. The van der Waals surface area contributed by atoms with E-state index >= 15 is 0 Å². The molecule has 0 fully saturated rings. The molecule has 0 bridgehead atoms. The number of amides is 1. The van der Waals surface area contributed by atoms with Crippen LogP contribution < -0.4 is 5.32 Å². The lowest BCUT2D eigenvalue weighted by atomic mass is 10.1. The lowest BCUT2D eigenvalue weighted by Crippen LogP contribution is -2.28. The number of hydrogen-bond donors (Lipinski definition) is 1. The van der Waals surface area contributed by atoms with Gasteiger partial charge in [-0.2, -0.15) is 5.26 Å². The van der Waals surface area contributed by atoms with Crippen LogP contribution in [0.4, 0.5) is 4.79 Å². The summed E-state index contributed by atoms with van der Waals surface area (Å²) in [6, 6.07) is 13.9. The average molecular weight is 267 g/mol. The zero-order chi connectivity index (χ0) is 14.2. The highest BCUT2D eigenvalue weighted by Gasteiger charge is 2.14. The Kier molecular flexibility index (Phi) is 4.68. The molecule has 1 N–H and O–H groups in total. The summed E-state index contributed by atoms with van der Waals surface area (Å²) in [6.07, 6.45) is 2.50. The van der Waals surface area contributed by atoms with Crippen molar-refractivity contribution in [2.24, 2.45) is 0 Å². The summed E-state index contributed by atoms with van der Waals surface area (Å²) in [6.45, 7) is 0.168. The highest BCUT2D eigenvalue weighted by atomic mass is 16.5. The maximum atomic E-state index is 11.7. The minimum Gasteiger partial charge on any atom is -0.445 e. The second-order valence-corrected chi connectivity index (χ2v) is 4.05. The minimum absolute atomic E-state index is 0.168. The van der Waals surface area contributed by atoms with Gasteiger partial charge < -0.3 is 10.1 Å². The van der Waals surface area contributed by atoms with Crippen LogP contribution >= 0.6 is 0 Å². The number of pyridine rings is 1. The molecule has 0 saturated heterocycles. The van der Waals surface area contributed by atoms with Crippen molar-refractivity contribution >= 4 is 6.09 Å². The van der Waals surface area contributed by atoms with Gasteiger partial charge in [0.05, 0.1) is 6.07 Å². The third-order valence-electron chi connectivity index (χ3n) is 2.64. The van der Waals surface area contributed by atoms with E-state index in [1.165, 1.54) is 0 Å². The van der Waals surface area contributed by atoms with E-state index in [0.717, 1.165) is 5.56 Å². The molecule has 5 heteroatoms. The standard InChI is InChI=1S/C15H13N3O2/c16-10-14(13-6-8-17-9-7-13)18-15(19)20-11-12-4-2-1-3-5-12/h1-9,14H,11H2,(H,18,19). The van der Waals surface area contributed by atoms with Gasteiger partial charge in [-0.15, -0.1) is 0 Å². The maximum absolute atomic E-state index is 11.7. The molecule has 2 aromatic rings. The van der Waals surface area contributed by atoms with Crippen LogP contribution in [0.25, 0.3) is 0 Å². The highest BCUT2D eigenvalue weighted by molar-refractivity contribution is 5.68. The van der Waals surface area contributed by atoms with E-state index in [4.69, 9.17) is 10.00 Å². The number of carbonyl (C=O) groups is 1. The molecule has 1 aromatic carbocycles. The minimum atomic E-state index is -0.749. The Labute approximate surface area is 116 Å². The van der Waals surface area contributed by atoms with E-state index < -0.39 is 12.1 Å². The fourth-order valence-corrected chi connectivity index (χ4v) is 1.63. The van der Waals surface area contributed by atoms with Gasteiger partial charge in [0.1, 0.15) is 12.6 Å². The zero-order valence-electron chi connectivity index (χ0n) is 10.7. The first-order valence-electron chi connectivity index (χ1n) is 6.06. The number of nitrogens with zero attached hydrogens (tertiary/aromatic N) is 2. The molecule has 0 radical (unpaired) electrons. The summed E-state index contributed by atoms with van der Waals surface area (Å²) >= 11 is 0. The van der Waals surface area contributed by atoms with Crippen LogP contribution in [-0.2, 0) is 11.3 Å². The van der Waals surface area contributed by atoms with Crippen molar-refractivity contribution in [3.63, 3.8) is 0 Å². The molecule has 0 aliphatic heterocycles. The van der Waals surface area contributed by atoms with Gasteiger partial charge in [0.25, 0.3) is 0 Å². The van der Waals surface area contributed by atoms with Crippen molar-refractivity contribution in [1.82, 2.24) is 10.3 Å². The van der Waals surface area contributed by atoms with Crippen LogP contribution in [-0.4, -0.2) is 11.1 Å². The van der Waals surface area contributed by atoms with Crippen molar-refractivity contribution in [2.45, 2.75) is 12.6 Å². The van der Waals surface area contributed by atoms with Gasteiger partial charge in [0, 0.05) is 12.4 Å². The molecule has 100 valence electrons. The van der Waals surface area contributed by atoms with Crippen LogP contribution in [0.15, 0.2) is 54.9 Å². The molecule has 5 nitrogen and oxygen atoms in total. The molecule has 0 aliphatic rings. The molecule has 1 amide bonds. The Morgan fingerprint density at radius 3 is 2.60 bits per heavy atom. The topological polar surface area (TPSA) is 75.0 Å². The lowest BCUT2D eigenvalue weighted by molar-refractivity contribution is 0.137. The van der Waals surface area contributed by atoms with Crippen molar-refractivity contribution in [1.29, 1.82) is 5.26 Å². The third-order valence-corrected chi connectivity index (χ3v) is 2.64. The van der Waals surface area contributed by atoms with Crippen LogP contribution in [0.2, 0.25) is 0 Å². The van der Waals surface area contributed by atoms with Gasteiger partial charge in [0.2, 0.25) is 0 Å². The van der Waals surface area contributed by atoms with Gasteiger partial charge in [-0.05, 0) is 23.3 Å². The number of nitriles is 1. The average Bonchev–Trinajstić information content (AvgIpc) is 2.52. The van der Waals surface area contributed by atoms with Crippen molar-refractivity contribution in [3.05, 3.63) is 66.0 Å². The molecule has 0 saturated carbocycles. The van der Waals surface area contributed by atoms with Crippen LogP contribution in [0.1, 0.15) is 17.2 Å². The number of alkyl carbamates (subject to hydrolysis) is 1. The first-order chi connectivity index (χ1) is 9.79. The molecule has 0 spiro atoms. The molecule has 20 heavy (non-hydrogen) atoms. The third kappa shape index (κ3) is 3.82. The molecular formula is C15H13N3O2. The number of rotatable bonds is 4. The van der Waals surface area contributed by atoms with Gasteiger partial charge in [-0.25, -0.2) is 4.79 Å². The highest BCUT2D eigenvalue weighted by Crippen LogP contribution is 2.10. The summed E-state index contributed by atoms with van der Waals surface area (Å²) in [4.78, 5) is 15.5. The van der Waals surface area contributed by atoms with Gasteiger partial charge in [0.15, 0.2) is 0 Å². The second-order valence-electron chi connectivity index (χ2n) is 4.05. The van der Waals surface area contributed by atoms with Crippen molar-refractivity contribution in [2.75, 3.05) is 0 Å². The van der Waals surface area contributed by atoms with Gasteiger partial charge >= 0.3 is 6.09 Å². The van der Waals surface area contributed by atoms with Crippen LogP contribution in [0.3, 0.4) is 0 Å². The number of carbonyl (C=O) groups excluding carboxylic acids is 1. The van der Waals surface area contributed by atoms with Crippen molar-refractivity contribution in [3.8, 4) is 6.07 Å². The first kappa shape index (κ1) is 13.6. The summed E-state index contributed by atoms with van der Waals surface area (Å²) in [7, 11) is 0. The SMILES string of the molecule is N#CC(NC(=O)OCc1ccccc1)c1ccncc1. The van der Waals surface area contributed by atoms with E-state index in [-0.39, 0.29) is 6.61 Å². The maximum Gasteiger partial charge on any atom is 0.408 e. The fraction of sp³-hybridized carbons (Fsp3) is 0.133. The molecule has 1 unspecified atom stereocenters. The number of ether oxygens (including phenoxy) is 1. The van der Waals surface area contributed by atoms with E-state index in [9.17, 15) is 4.79 Å². The lowest BCUT2D eigenvalue weighted by Gasteiger charge is -2.12. The Balaban J connectivity index is 1.89. The van der Waals surface area contributed by atoms with E-state index in [1.807, 2.05) is 36.4 Å². The summed E-state index contributed by atoms with van der Waals surface area (Å²) in [5.41, 5.74) is 1.55. The Bertz CT molecular complexity index is 594. The fourth-order valence-electron chi connectivity index (χ4n) is 1.63. The van der Waals surface area contributed by atoms with Crippen molar-refractivity contribution < 1.29 is 9.53 Å². The number of aromatic nitrogens is 1. The Hall–Kier alpha value is -2.87. The molecular weight excluding hydrogens is 254 g/mol. The normalized spacial score (nSPS) is 11.2. The summed E-state index contributed by atoms with van der Waals surface area (Å²) in [5, 5.41) is 11.6. The monoisotopic (exact) mass is 267 g/mol. The second kappa shape index (κ2) is 6.90. The first-order valence-corrected chi connectivity index (χ1v) is 6.06. The smallest absolute Gasteiger partial charge is 0.408 e. The summed E-state index contributed by atoms with van der Waals surface area (Å²) < 4.78 is 5.07. The predicted molar refractivity (Wildman–Crippen MR) is 72.4 cm³/mol. The Morgan fingerprint density at radius 2 is 1.95 bits per heavy atom. The molecule has 0 aliphatic carbocycles. The number of hydrogen-bond acceptors (Lipinski definition) is 4. The van der Waals surface area contributed by atoms with Crippen LogP contribution in [0.5, 0.6) is 0 Å². The molecule has 1 heterocycles. The predicted octanol–water partition coefficient (Wildman–Crippen LogP) is 2.57. The molecule has 1 atom stereocenters. The van der Waals surface area contributed by atoms with E-state index in [2.05, 4.69) is 10.3 Å². The number of benzene rings is 1. The van der Waals surface area contributed by atoms with Gasteiger partial charge in [-0.3, -0.25) is 4.98 Å². The zero-order valence-corrected chi connectivity index (χ0v) is 10.7. The molecule has 1 aromatic heterocycles. The van der Waals surface area contributed by atoms with Gasteiger partial charge in [-0.1, -0.05) is 30.3 Å². The largest absolute Gasteiger partial charge is 0.445 e. The quantitative estimate of drug-likeness (QED) is 0.923. The van der Waals surface area contributed by atoms with E-state index in [0.29, 0.717) is 5.56 Å². The molecule has 2 rings (SSSR count). The summed E-state index contributed by atoms with van der Waals surface area (Å²) in [5.74, 6) is 0. The number of nitrogens with one attached hydrogen (secondary N) is 1. The van der Waals surface area contributed by atoms with E-state index in [1.54, 1.807) is 24.5 Å². The van der Waals surface area contributed by atoms with Crippen LogP contribution in [0, 0.1) is 11.3 Å².